The van der Waals surface area contributed by atoms with Crippen LogP contribution in [0.15, 0.2) is 54.6 Å². The number of anilines is 1. The Labute approximate surface area is 174 Å². The Bertz CT molecular complexity index is 1000. The molecule has 6 nitrogen and oxygen atoms in total. The average Bonchev–Trinajstić information content (AvgIpc) is 2.63. The Balaban J connectivity index is 1.70. The molecule has 0 saturated carbocycles. The molecule has 0 radical (unpaired) electrons. The number of aromatic nitrogens is 2. The fourth-order valence-electron chi connectivity index (χ4n) is 2.61. The molecular weight excluding hydrogens is 390 g/mol. The van der Waals surface area contributed by atoms with Crippen LogP contribution in [0.5, 0.6) is 17.5 Å². The Hall–Kier alpha value is -3.12. The van der Waals surface area contributed by atoms with Crippen molar-refractivity contribution in [1.82, 2.24) is 9.97 Å². The second kappa shape index (κ2) is 8.49. The number of aryl methyl sites for hydroxylation is 2. The lowest BCUT2D eigenvalue weighted by Crippen LogP contribution is -2.42. The van der Waals surface area contributed by atoms with Gasteiger partial charge in [0.15, 0.2) is 5.60 Å². The summed E-state index contributed by atoms with van der Waals surface area (Å²) in [4.78, 5) is 21.3. The summed E-state index contributed by atoms with van der Waals surface area (Å²) in [5.74, 6) is 0.773. The number of amides is 1. The SMILES string of the molecule is Cc1cc(C)nc(Oc2cccc(NC(=O)C(C)(C)Oc3ccc(Cl)cc3)c2)n1. The van der Waals surface area contributed by atoms with Gasteiger partial charge in [-0.25, -0.2) is 9.97 Å². The second-order valence-electron chi connectivity index (χ2n) is 7.08. The number of halogens is 1. The standard InChI is InChI=1S/C22H22ClN3O3/c1-14-12-15(2)25-21(24-14)28-19-7-5-6-17(13-19)26-20(27)22(3,4)29-18-10-8-16(23)9-11-18/h5-13H,1-4H3,(H,26,27). The first-order chi connectivity index (χ1) is 13.7. The highest BCUT2D eigenvalue weighted by atomic mass is 35.5. The fraction of sp³-hybridized carbons (Fsp3) is 0.227. The number of rotatable bonds is 6. The third-order valence-electron chi connectivity index (χ3n) is 4.00. The maximum Gasteiger partial charge on any atom is 0.322 e. The number of carbonyl (C=O) groups is 1. The molecule has 0 atom stereocenters. The van der Waals surface area contributed by atoms with E-state index in [1.165, 1.54) is 0 Å². The van der Waals surface area contributed by atoms with E-state index in [0.717, 1.165) is 11.4 Å². The van der Waals surface area contributed by atoms with Crippen LogP contribution in [0.3, 0.4) is 0 Å². The van der Waals surface area contributed by atoms with E-state index in [1.807, 2.05) is 19.9 Å². The molecule has 0 bridgehead atoms. The molecule has 7 heteroatoms. The van der Waals surface area contributed by atoms with E-state index in [9.17, 15) is 4.79 Å². The van der Waals surface area contributed by atoms with Crippen molar-refractivity contribution in [3.05, 3.63) is 71.0 Å². The molecule has 0 unspecified atom stereocenters. The number of nitrogens with zero attached hydrogens (tertiary/aromatic N) is 2. The number of ether oxygens (including phenoxy) is 2. The lowest BCUT2D eigenvalue weighted by molar-refractivity contribution is -0.128. The van der Waals surface area contributed by atoms with Gasteiger partial charge in [-0.1, -0.05) is 17.7 Å². The monoisotopic (exact) mass is 411 g/mol. The largest absolute Gasteiger partial charge is 0.478 e. The molecule has 1 aromatic heterocycles. The normalized spacial score (nSPS) is 11.1. The highest BCUT2D eigenvalue weighted by Gasteiger charge is 2.30. The lowest BCUT2D eigenvalue weighted by Gasteiger charge is -2.25. The molecule has 0 spiro atoms. The van der Waals surface area contributed by atoms with Crippen LogP contribution < -0.4 is 14.8 Å². The van der Waals surface area contributed by atoms with Crippen LogP contribution in [0.1, 0.15) is 25.2 Å². The number of nitrogens with one attached hydrogen (secondary N) is 1. The van der Waals surface area contributed by atoms with E-state index in [4.69, 9.17) is 21.1 Å². The topological polar surface area (TPSA) is 73.3 Å². The van der Waals surface area contributed by atoms with Gasteiger partial charge in [-0.2, -0.15) is 0 Å². The molecule has 1 N–H and O–H groups in total. The summed E-state index contributed by atoms with van der Waals surface area (Å²) in [5.41, 5.74) is 1.11. The number of hydrogen-bond acceptors (Lipinski definition) is 5. The predicted octanol–water partition coefficient (Wildman–Crippen LogP) is 5.34. The predicted molar refractivity (Wildman–Crippen MR) is 113 cm³/mol. The maximum absolute atomic E-state index is 12.7. The molecule has 29 heavy (non-hydrogen) atoms. The van der Waals surface area contributed by atoms with E-state index in [0.29, 0.717) is 22.2 Å². The quantitative estimate of drug-likeness (QED) is 0.593. The summed E-state index contributed by atoms with van der Waals surface area (Å²) >= 11 is 5.89. The van der Waals surface area contributed by atoms with Crippen LogP contribution in [0, 0.1) is 13.8 Å². The summed E-state index contributed by atoms with van der Waals surface area (Å²) in [6, 6.07) is 16.0. The van der Waals surface area contributed by atoms with Gasteiger partial charge >= 0.3 is 6.01 Å². The molecule has 0 aliphatic rings. The lowest BCUT2D eigenvalue weighted by atomic mass is 10.1. The molecule has 1 heterocycles. The Morgan fingerprint density at radius 1 is 0.966 bits per heavy atom. The zero-order valence-electron chi connectivity index (χ0n) is 16.7. The van der Waals surface area contributed by atoms with Gasteiger partial charge < -0.3 is 14.8 Å². The Morgan fingerprint density at radius 2 is 1.62 bits per heavy atom. The first kappa shape index (κ1) is 20.6. The zero-order chi connectivity index (χ0) is 21.0. The molecular formula is C22H22ClN3O3. The van der Waals surface area contributed by atoms with Gasteiger partial charge in [0.2, 0.25) is 0 Å². The van der Waals surface area contributed by atoms with Crippen molar-refractivity contribution in [2.24, 2.45) is 0 Å². The molecule has 3 aromatic rings. The van der Waals surface area contributed by atoms with Crippen molar-refractivity contribution in [3.63, 3.8) is 0 Å². The number of benzene rings is 2. The van der Waals surface area contributed by atoms with Crippen molar-refractivity contribution >= 4 is 23.2 Å². The van der Waals surface area contributed by atoms with Crippen molar-refractivity contribution in [2.75, 3.05) is 5.32 Å². The molecule has 0 aliphatic carbocycles. The van der Waals surface area contributed by atoms with E-state index >= 15 is 0 Å². The fourth-order valence-corrected chi connectivity index (χ4v) is 2.73. The van der Waals surface area contributed by atoms with Crippen molar-refractivity contribution in [3.8, 4) is 17.5 Å². The van der Waals surface area contributed by atoms with Crippen LogP contribution in [0.4, 0.5) is 5.69 Å². The minimum atomic E-state index is -1.10. The average molecular weight is 412 g/mol. The Kier molecular flexibility index (Phi) is 6.03. The van der Waals surface area contributed by atoms with Gasteiger partial charge in [-0.05, 0) is 70.2 Å². The van der Waals surface area contributed by atoms with Gasteiger partial charge in [0, 0.05) is 28.2 Å². The summed E-state index contributed by atoms with van der Waals surface area (Å²) in [5, 5.41) is 3.45. The van der Waals surface area contributed by atoms with Gasteiger partial charge in [0.05, 0.1) is 0 Å². The highest BCUT2D eigenvalue weighted by molar-refractivity contribution is 6.30. The number of hydrogen-bond donors (Lipinski definition) is 1. The van der Waals surface area contributed by atoms with Crippen LogP contribution >= 0.6 is 11.6 Å². The summed E-state index contributed by atoms with van der Waals surface area (Å²) in [6.45, 7) is 7.14. The van der Waals surface area contributed by atoms with Crippen molar-refractivity contribution in [1.29, 1.82) is 0 Å². The van der Waals surface area contributed by atoms with E-state index in [2.05, 4.69) is 15.3 Å². The Morgan fingerprint density at radius 3 is 2.28 bits per heavy atom. The molecule has 3 rings (SSSR count). The zero-order valence-corrected chi connectivity index (χ0v) is 17.4. The van der Waals surface area contributed by atoms with Gasteiger partial charge in [-0.15, -0.1) is 0 Å². The van der Waals surface area contributed by atoms with Crippen LogP contribution in [0.2, 0.25) is 5.02 Å². The van der Waals surface area contributed by atoms with E-state index in [-0.39, 0.29) is 11.9 Å². The summed E-state index contributed by atoms with van der Waals surface area (Å²) < 4.78 is 11.6. The van der Waals surface area contributed by atoms with E-state index < -0.39 is 5.60 Å². The smallest absolute Gasteiger partial charge is 0.322 e. The highest BCUT2D eigenvalue weighted by Crippen LogP contribution is 2.25. The first-order valence-electron chi connectivity index (χ1n) is 9.07. The van der Waals surface area contributed by atoms with Gasteiger partial charge in [0.25, 0.3) is 5.91 Å². The second-order valence-corrected chi connectivity index (χ2v) is 7.52. The third kappa shape index (κ3) is 5.68. The third-order valence-corrected chi connectivity index (χ3v) is 4.25. The molecule has 2 aromatic carbocycles. The number of carbonyl (C=O) groups excluding carboxylic acids is 1. The van der Waals surface area contributed by atoms with Gasteiger partial charge in [-0.3, -0.25) is 4.79 Å². The molecule has 0 aliphatic heterocycles. The minimum absolute atomic E-state index is 0.261. The van der Waals surface area contributed by atoms with Crippen molar-refractivity contribution < 1.29 is 14.3 Å². The molecule has 0 fully saturated rings. The van der Waals surface area contributed by atoms with Crippen LogP contribution in [0.25, 0.3) is 0 Å². The van der Waals surface area contributed by atoms with Crippen molar-refractivity contribution in [2.45, 2.75) is 33.3 Å². The first-order valence-corrected chi connectivity index (χ1v) is 9.45. The van der Waals surface area contributed by atoms with Crippen LogP contribution in [-0.4, -0.2) is 21.5 Å². The molecule has 1 amide bonds. The minimum Gasteiger partial charge on any atom is -0.478 e. The maximum atomic E-state index is 12.7. The van der Waals surface area contributed by atoms with Gasteiger partial charge in [0.1, 0.15) is 11.5 Å². The molecule has 0 saturated heterocycles. The van der Waals surface area contributed by atoms with E-state index in [1.54, 1.807) is 62.4 Å². The van der Waals surface area contributed by atoms with Crippen LogP contribution in [-0.2, 0) is 4.79 Å². The summed E-state index contributed by atoms with van der Waals surface area (Å²) in [6.07, 6.45) is 0. The summed E-state index contributed by atoms with van der Waals surface area (Å²) in [7, 11) is 0. The molecule has 150 valence electrons.